The molecule has 0 rings (SSSR count). The largest absolute Gasteiger partial charge is 0.473 e. The van der Waals surface area contributed by atoms with Crippen LogP contribution in [0.2, 0.25) is 0 Å². The van der Waals surface area contributed by atoms with E-state index in [4.69, 9.17) is 0 Å². The Kier molecular flexibility index (Phi) is 11.4. The Morgan fingerprint density at radius 1 is 1.00 bits per heavy atom. The van der Waals surface area contributed by atoms with Gasteiger partial charge >= 0.3 is 7.82 Å². The summed E-state index contributed by atoms with van der Waals surface area (Å²) in [5, 5.41) is 0. The molecular formula is C9H23O4P. The second-order valence-electron chi connectivity index (χ2n) is 2.92. The van der Waals surface area contributed by atoms with Gasteiger partial charge in [-0.3, -0.25) is 13.6 Å². The maximum atomic E-state index is 10.7. The predicted molar refractivity (Wildman–Crippen MR) is 58.4 cm³/mol. The first-order valence-corrected chi connectivity index (χ1v) is 6.22. The Balaban J connectivity index is 0. The Bertz CT molecular complexity index is 138. The van der Waals surface area contributed by atoms with Gasteiger partial charge in [-0.25, -0.2) is 4.57 Å². The van der Waals surface area contributed by atoms with Crippen molar-refractivity contribution < 1.29 is 18.1 Å². The van der Waals surface area contributed by atoms with Crippen molar-refractivity contribution in [2.24, 2.45) is 5.92 Å². The fraction of sp³-hybridized carbons (Fsp3) is 1.00. The highest BCUT2D eigenvalue weighted by atomic mass is 31.2. The molecule has 0 bridgehead atoms. The van der Waals surface area contributed by atoms with Crippen molar-refractivity contribution in [1.82, 2.24) is 0 Å². The lowest BCUT2D eigenvalue weighted by Crippen LogP contribution is -1.88. The quantitative estimate of drug-likeness (QED) is 0.673. The molecule has 14 heavy (non-hydrogen) atoms. The Morgan fingerprint density at radius 2 is 1.29 bits per heavy atom. The summed E-state index contributed by atoms with van der Waals surface area (Å²) < 4.78 is 23.7. The van der Waals surface area contributed by atoms with Crippen LogP contribution in [0.25, 0.3) is 0 Å². The zero-order chi connectivity index (χ0) is 11.6. The molecule has 0 aliphatic rings. The highest BCUT2D eigenvalue weighted by Crippen LogP contribution is 2.46. The molecular weight excluding hydrogens is 203 g/mol. The first-order chi connectivity index (χ1) is 6.49. The van der Waals surface area contributed by atoms with Crippen LogP contribution in [0.5, 0.6) is 0 Å². The third kappa shape index (κ3) is 8.70. The first kappa shape index (κ1) is 16.5. The van der Waals surface area contributed by atoms with E-state index in [0.29, 0.717) is 0 Å². The number of rotatable bonds is 5. The van der Waals surface area contributed by atoms with Crippen molar-refractivity contribution in [1.29, 1.82) is 0 Å². The maximum absolute atomic E-state index is 10.7. The van der Waals surface area contributed by atoms with Crippen molar-refractivity contribution in [2.45, 2.75) is 33.6 Å². The molecule has 0 aromatic carbocycles. The lowest BCUT2D eigenvalue weighted by Gasteiger charge is -2.08. The summed E-state index contributed by atoms with van der Waals surface area (Å²) in [5.74, 6) is 0.935. The zero-order valence-electron chi connectivity index (χ0n) is 10.1. The Hall–Kier alpha value is 0.110. The van der Waals surface area contributed by atoms with Crippen LogP contribution in [-0.2, 0) is 18.1 Å². The minimum Gasteiger partial charge on any atom is -0.290 e. The van der Waals surface area contributed by atoms with E-state index in [9.17, 15) is 4.57 Å². The van der Waals surface area contributed by atoms with Crippen molar-refractivity contribution in [3.63, 3.8) is 0 Å². The SMILES string of the molecule is CCC(C)CC.COP(=O)(OC)OC. The van der Waals surface area contributed by atoms with Gasteiger partial charge in [-0.2, -0.15) is 0 Å². The molecule has 0 aliphatic carbocycles. The molecule has 0 aliphatic heterocycles. The van der Waals surface area contributed by atoms with Crippen LogP contribution < -0.4 is 0 Å². The summed E-state index contributed by atoms with van der Waals surface area (Å²) in [7, 11) is 0.611. The van der Waals surface area contributed by atoms with Crippen molar-refractivity contribution in [3.8, 4) is 0 Å². The molecule has 0 saturated carbocycles. The van der Waals surface area contributed by atoms with Gasteiger partial charge in [-0.15, -0.1) is 0 Å². The van der Waals surface area contributed by atoms with Crippen molar-refractivity contribution in [3.05, 3.63) is 0 Å². The lowest BCUT2D eigenvalue weighted by atomic mass is 10.1. The van der Waals surface area contributed by atoms with E-state index in [1.807, 2.05) is 0 Å². The van der Waals surface area contributed by atoms with Crippen LogP contribution in [0.3, 0.4) is 0 Å². The summed E-state index contributed by atoms with van der Waals surface area (Å²) >= 11 is 0. The van der Waals surface area contributed by atoms with E-state index < -0.39 is 7.82 Å². The lowest BCUT2D eigenvalue weighted by molar-refractivity contribution is 0.178. The first-order valence-electron chi connectivity index (χ1n) is 4.76. The van der Waals surface area contributed by atoms with Gasteiger partial charge in [0.25, 0.3) is 0 Å². The summed E-state index contributed by atoms with van der Waals surface area (Å²) in [6.45, 7) is 6.74. The molecule has 0 spiro atoms. The summed E-state index contributed by atoms with van der Waals surface area (Å²) in [6.07, 6.45) is 2.66. The summed E-state index contributed by atoms with van der Waals surface area (Å²) in [6, 6.07) is 0. The van der Waals surface area contributed by atoms with Gasteiger partial charge in [0, 0.05) is 21.3 Å². The molecule has 0 fully saturated rings. The summed E-state index contributed by atoms with van der Waals surface area (Å²) in [4.78, 5) is 0. The average molecular weight is 226 g/mol. The summed E-state index contributed by atoms with van der Waals surface area (Å²) in [5.41, 5.74) is 0. The van der Waals surface area contributed by atoms with E-state index in [1.54, 1.807) is 0 Å². The predicted octanol–water partition coefficient (Wildman–Crippen LogP) is 3.48. The van der Waals surface area contributed by atoms with Gasteiger partial charge in [0.05, 0.1) is 0 Å². The van der Waals surface area contributed by atoms with E-state index in [1.165, 1.54) is 34.2 Å². The average Bonchev–Trinajstić information content (AvgIpc) is 2.27. The number of phosphoric acid groups is 1. The molecule has 0 amide bonds. The molecule has 0 aromatic heterocycles. The molecule has 0 unspecified atom stereocenters. The van der Waals surface area contributed by atoms with Crippen molar-refractivity contribution >= 4 is 7.82 Å². The second-order valence-corrected chi connectivity index (χ2v) is 4.91. The normalized spacial score (nSPS) is 11.1. The fourth-order valence-electron chi connectivity index (χ4n) is 0.512. The molecule has 0 N–H and O–H groups in total. The van der Waals surface area contributed by atoms with E-state index >= 15 is 0 Å². The van der Waals surface area contributed by atoms with Crippen LogP contribution in [0, 0.1) is 5.92 Å². The number of hydrogen-bond donors (Lipinski definition) is 0. The van der Waals surface area contributed by atoms with E-state index in [0.717, 1.165) is 5.92 Å². The Morgan fingerprint density at radius 3 is 1.29 bits per heavy atom. The standard InChI is InChI=1S/C6H14.C3H9O4P/c1-4-6(3)5-2;1-5-8(4,6-2)7-3/h6H,4-5H2,1-3H3;1-3H3. The van der Waals surface area contributed by atoms with Crippen LogP contribution in [0.4, 0.5) is 0 Å². The maximum Gasteiger partial charge on any atom is 0.473 e. The van der Waals surface area contributed by atoms with Crippen LogP contribution >= 0.6 is 7.82 Å². The van der Waals surface area contributed by atoms with E-state index in [-0.39, 0.29) is 0 Å². The number of hydrogen-bond acceptors (Lipinski definition) is 4. The van der Waals surface area contributed by atoms with Gasteiger partial charge in [-0.1, -0.05) is 33.6 Å². The highest BCUT2D eigenvalue weighted by Gasteiger charge is 2.18. The van der Waals surface area contributed by atoms with E-state index in [2.05, 4.69) is 34.3 Å². The molecule has 0 heterocycles. The molecule has 0 radical (unpaired) electrons. The van der Waals surface area contributed by atoms with Gasteiger partial charge in [-0.05, 0) is 5.92 Å². The highest BCUT2D eigenvalue weighted by molar-refractivity contribution is 7.48. The molecule has 0 aromatic rings. The van der Waals surface area contributed by atoms with Crippen LogP contribution in [-0.4, -0.2) is 21.3 Å². The fourth-order valence-corrected chi connectivity index (χ4v) is 0.959. The third-order valence-electron chi connectivity index (χ3n) is 2.06. The smallest absolute Gasteiger partial charge is 0.290 e. The molecule has 5 heteroatoms. The molecule has 0 saturated heterocycles. The second kappa shape index (κ2) is 9.66. The van der Waals surface area contributed by atoms with Gasteiger partial charge in [0.2, 0.25) is 0 Å². The Labute approximate surface area is 87.6 Å². The minimum absolute atomic E-state index is 0.935. The van der Waals surface area contributed by atoms with Crippen molar-refractivity contribution in [2.75, 3.05) is 21.3 Å². The minimum atomic E-state index is -3.16. The zero-order valence-corrected chi connectivity index (χ0v) is 11.0. The topological polar surface area (TPSA) is 44.8 Å². The third-order valence-corrected chi connectivity index (χ3v) is 3.41. The molecule has 88 valence electrons. The van der Waals surface area contributed by atoms with Gasteiger partial charge in [0.15, 0.2) is 0 Å². The van der Waals surface area contributed by atoms with Gasteiger partial charge < -0.3 is 0 Å². The molecule has 4 nitrogen and oxygen atoms in total. The molecule has 0 atom stereocenters. The monoisotopic (exact) mass is 226 g/mol. The van der Waals surface area contributed by atoms with Crippen LogP contribution in [0.1, 0.15) is 33.6 Å². The number of phosphoric ester groups is 1. The van der Waals surface area contributed by atoms with Crippen LogP contribution in [0.15, 0.2) is 0 Å². The van der Waals surface area contributed by atoms with Gasteiger partial charge in [0.1, 0.15) is 0 Å².